The quantitative estimate of drug-likeness (QED) is 0.575. The monoisotopic (exact) mass is 401 g/mol. The predicted molar refractivity (Wildman–Crippen MR) is 109 cm³/mol. The molecule has 0 spiro atoms. The first-order valence-electron chi connectivity index (χ1n) is 8.84. The molecule has 1 aliphatic heterocycles. The highest BCUT2D eigenvalue weighted by molar-refractivity contribution is 7.21. The molecule has 2 aromatic carbocycles. The molecule has 140 valence electrons. The molecule has 1 saturated heterocycles. The van der Waals surface area contributed by atoms with Gasteiger partial charge in [-0.05, 0) is 36.6 Å². The van der Waals surface area contributed by atoms with Crippen LogP contribution in [-0.2, 0) is 0 Å². The Bertz CT molecular complexity index is 1000. The minimum absolute atomic E-state index is 0.00140. The number of carbonyl (C=O) groups is 1. The molecule has 4 rings (SSSR count). The van der Waals surface area contributed by atoms with E-state index in [1.165, 1.54) is 11.3 Å². The molecule has 1 amide bonds. The van der Waals surface area contributed by atoms with E-state index in [1.54, 1.807) is 14.2 Å². The molecule has 0 aliphatic carbocycles. The van der Waals surface area contributed by atoms with Gasteiger partial charge in [0.05, 0.1) is 25.3 Å². The number of methoxy groups -OCH3 is 2. The first-order chi connectivity index (χ1) is 13.1. The third-order valence-electron chi connectivity index (χ3n) is 5.04. The zero-order valence-electron chi connectivity index (χ0n) is 15.2. The lowest BCUT2D eigenvalue weighted by Gasteiger charge is -2.25. The second-order valence-electron chi connectivity index (χ2n) is 6.51. The number of ether oxygens (including phenoxy) is 2. The minimum atomic E-state index is -0.00140. The number of halogens is 1. The maximum Gasteiger partial charge on any atom is 0.266 e. The lowest BCUT2D eigenvalue weighted by molar-refractivity contribution is 0.0740. The number of hydrogen-bond donors (Lipinski definition) is 0. The van der Waals surface area contributed by atoms with Crippen molar-refractivity contribution in [1.82, 2.24) is 4.90 Å². The first kappa shape index (κ1) is 18.1. The molecular formula is C21H20ClNO3S. The lowest BCUT2D eigenvalue weighted by Crippen LogP contribution is -2.30. The fourth-order valence-corrected chi connectivity index (χ4v) is 5.17. The molecular weight excluding hydrogens is 382 g/mol. The van der Waals surface area contributed by atoms with Crippen LogP contribution in [0.15, 0.2) is 42.5 Å². The summed E-state index contributed by atoms with van der Waals surface area (Å²) in [5.74, 6) is 1.36. The van der Waals surface area contributed by atoms with Gasteiger partial charge in [0.2, 0.25) is 0 Å². The van der Waals surface area contributed by atoms with Gasteiger partial charge in [-0.25, -0.2) is 0 Å². The van der Waals surface area contributed by atoms with Crippen molar-refractivity contribution < 1.29 is 14.3 Å². The van der Waals surface area contributed by atoms with Crippen LogP contribution >= 0.6 is 22.9 Å². The summed E-state index contributed by atoms with van der Waals surface area (Å²) in [6.07, 6.45) is 1.89. The molecule has 4 nitrogen and oxygen atoms in total. The number of thiophene rings is 1. The second-order valence-corrected chi connectivity index (χ2v) is 7.94. The van der Waals surface area contributed by atoms with E-state index in [0.29, 0.717) is 21.4 Å². The number of likely N-dealkylation sites (tertiary alicyclic amines) is 1. The summed E-state index contributed by atoms with van der Waals surface area (Å²) in [6, 6.07) is 13.7. The summed E-state index contributed by atoms with van der Waals surface area (Å²) < 4.78 is 11.8. The SMILES string of the molecule is COc1ccc([C@@H]2CCCN2C(=O)c2sc3ccccc3c2Cl)cc1OC. The molecule has 6 heteroatoms. The van der Waals surface area contributed by atoms with Gasteiger partial charge in [0, 0.05) is 16.6 Å². The van der Waals surface area contributed by atoms with Gasteiger partial charge in [-0.1, -0.05) is 35.9 Å². The number of benzene rings is 2. The maximum atomic E-state index is 13.3. The molecule has 0 N–H and O–H groups in total. The van der Waals surface area contributed by atoms with Gasteiger partial charge >= 0.3 is 0 Å². The standard InChI is InChI=1S/C21H20ClNO3S/c1-25-16-10-9-13(12-17(16)26-2)15-7-5-11-23(15)21(24)20-19(22)14-6-3-4-8-18(14)27-20/h3-4,6,8-10,12,15H,5,7,11H2,1-2H3/t15-/m0/s1. The summed E-state index contributed by atoms with van der Waals surface area (Å²) in [5.41, 5.74) is 1.05. The van der Waals surface area contributed by atoms with Crippen molar-refractivity contribution in [1.29, 1.82) is 0 Å². The van der Waals surface area contributed by atoms with Crippen LogP contribution in [0.4, 0.5) is 0 Å². The first-order valence-corrected chi connectivity index (χ1v) is 10.0. The van der Waals surface area contributed by atoms with Crippen molar-refractivity contribution in [2.45, 2.75) is 18.9 Å². The van der Waals surface area contributed by atoms with Gasteiger partial charge in [0.15, 0.2) is 11.5 Å². The van der Waals surface area contributed by atoms with Gasteiger partial charge in [-0.15, -0.1) is 11.3 Å². The average Bonchev–Trinajstić information content (AvgIpc) is 3.32. The second kappa shape index (κ2) is 7.41. The van der Waals surface area contributed by atoms with Crippen molar-refractivity contribution >= 4 is 38.9 Å². The van der Waals surface area contributed by atoms with Crippen LogP contribution < -0.4 is 9.47 Å². The van der Waals surface area contributed by atoms with E-state index in [2.05, 4.69) is 0 Å². The zero-order valence-corrected chi connectivity index (χ0v) is 16.8. The Labute approximate surface area is 167 Å². The molecule has 2 heterocycles. The van der Waals surface area contributed by atoms with Crippen LogP contribution in [0.5, 0.6) is 11.5 Å². The van der Waals surface area contributed by atoms with Crippen molar-refractivity contribution in [3.63, 3.8) is 0 Å². The Morgan fingerprint density at radius 3 is 2.67 bits per heavy atom. The highest BCUT2D eigenvalue weighted by Crippen LogP contribution is 2.41. The van der Waals surface area contributed by atoms with E-state index in [4.69, 9.17) is 21.1 Å². The van der Waals surface area contributed by atoms with Crippen molar-refractivity contribution in [3.8, 4) is 11.5 Å². The minimum Gasteiger partial charge on any atom is -0.493 e. The van der Waals surface area contributed by atoms with Gasteiger partial charge in [0.1, 0.15) is 4.88 Å². The number of amides is 1. The number of nitrogens with zero attached hydrogens (tertiary/aromatic N) is 1. The fraction of sp³-hybridized carbons (Fsp3) is 0.286. The van der Waals surface area contributed by atoms with Crippen LogP contribution in [-0.4, -0.2) is 31.6 Å². The Hall–Kier alpha value is -2.24. The third-order valence-corrected chi connectivity index (χ3v) is 6.70. The van der Waals surface area contributed by atoms with E-state index >= 15 is 0 Å². The van der Waals surface area contributed by atoms with E-state index in [0.717, 1.165) is 35.0 Å². The smallest absolute Gasteiger partial charge is 0.266 e. The molecule has 27 heavy (non-hydrogen) atoms. The molecule has 0 saturated carbocycles. The summed E-state index contributed by atoms with van der Waals surface area (Å²) >= 11 is 8.00. The number of carbonyl (C=O) groups excluding carboxylic acids is 1. The van der Waals surface area contributed by atoms with Crippen molar-refractivity contribution in [3.05, 3.63) is 57.9 Å². The summed E-state index contributed by atoms with van der Waals surface area (Å²) in [7, 11) is 3.24. The summed E-state index contributed by atoms with van der Waals surface area (Å²) in [5, 5.41) is 1.49. The van der Waals surface area contributed by atoms with Crippen LogP contribution in [0.3, 0.4) is 0 Å². The Balaban J connectivity index is 1.68. The average molecular weight is 402 g/mol. The maximum absolute atomic E-state index is 13.3. The number of hydrogen-bond acceptors (Lipinski definition) is 4. The largest absolute Gasteiger partial charge is 0.493 e. The normalized spacial score (nSPS) is 16.7. The predicted octanol–water partition coefficient (Wildman–Crippen LogP) is 5.55. The summed E-state index contributed by atoms with van der Waals surface area (Å²) in [4.78, 5) is 15.8. The van der Waals surface area contributed by atoms with E-state index in [-0.39, 0.29) is 11.9 Å². The molecule has 0 bridgehead atoms. The van der Waals surface area contributed by atoms with Gasteiger partial charge in [-0.3, -0.25) is 4.79 Å². The van der Waals surface area contributed by atoms with Gasteiger partial charge in [-0.2, -0.15) is 0 Å². The topological polar surface area (TPSA) is 38.8 Å². The van der Waals surface area contributed by atoms with Crippen LogP contribution in [0, 0.1) is 0 Å². The van der Waals surface area contributed by atoms with Crippen LogP contribution in [0.2, 0.25) is 5.02 Å². The van der Waals surface area contributed by atoms with Crippen molar-refractivity contribution in [2.75, 3.05) is 20.8 Å². The third kappa shape index (κ3) is 3.15. The Morgan fingerprint density at radius 1 is 1.15 bits per heavy atom. The number of rotatable bonds is 4. The highest BCUT2D eigenvalue weighted by atomic mass is 35.5. The van der Waals surface area contributed by atoms with Crippen LogP contribution in [0.1, 0.15) is 34.1 Å². The summed E-state index contributed by atoms with van der Waals surface area (Å²) in [6.45, 7) is 0.725. The van der Waals surface area contributed by atoms with Gasteiger partial charge in [0.25, 0.3) is 5.91 Å². The van der Waals surface area contributed by atoms with E-state index < -0.39 is 0 Å². The molecule has 0 unspecified atom stereocenters. The highest BCUT2D eigenvalue weighted by Gasteiger charge is 2.33. The Kier molecular flexibility index (Phi) is 4.98. The fourth-order valence-electron chi connectivity index (χ4n) is 3.70. The molecule has 1 atom stereocenters. The van der Waals surface area contributed by atoms with E-state index in [9.17, 15) is 4.79 Å². The molecule has 1 fully saturated rings. The Morgan fingerprint density at radius 2 is 1.93 bits per heavy atom. The molecule has 1 aliphatic rings. The van der Waals surface area contributed by atoms with Crippen molar-refractivity contribution in [2.24, 2.45) is 0 Å². The number of fused-ring (bicyclic) bond motifs is 1. The van der Waals surface area contributed by atoms with Crippen LogP contribution in [0.25, 0.3) is 10.1 Å². The molecule has 3 aromatic rings. The van der Waals surface area contributed by atoms with Gasteiger partial charge < -0.3 is 14.4 Å². The lowest BCUT2D eigenvalue weighted by atomic mass is 10.0. The molecule has 0 radical (unpaired) electrons. The molecule has 1 aromatic heterocycles. The van der Waals surface area contributed by atoms with E-state index in [1.807, 2.05) is 47.4 Å². The zero-order chi connectivity index (χ0) is 19.0.